The molecule has 0 fully saturated rings. The lowest BCUT2D eigenvalue weighted by Gasteiger charge is -2.38. The lowest BCUT2D eigenvalue weighted by atomic mass is 10.1. The number of hydrogen-bond donors (Lipinski definition) is 0. The Labute approximate surface area is 165 Å². The smallest absolute Gasteiger partial charge is 0.0885 e. The van der Waals surface area contributed by atoms with Crippen molar-refractivity contribution in [1.82, 2.24) is 9.97 Å². The van der Waals surface area contributed by atoms with Crippen LogP contribution in [0.5, 0.6) is 0 Å². The van der Waals surface area contributed by atoms with Crippen molar-refractivity contribution in [2.45, 2.75) is 19.6 Å². The first-order valence-corrected chi connectivity index (χ1v) is 10.3. The van der Waals surface area contributed by atoms with Gasteiger partial charge < -0.3 is 4.90 Å². The molecule has 4 aromatic rings. The number of fused-ring (bicyclic) bond motifs is 4. The van der Waals surface area contributed by atoms with Crippen LogP contribution in [-0.4, -0.2) is 9.97 Å². The molecular weight excluding hydrogens is 370 g/mol. The molecule has 1 aromatic heterocycles. The van der Waals surface area contributed by atoms with E-state index in [9.17, 15) is 0 Å². The van der Waals surface area contributed by atoms with Gasteiger partial charge in [0.15, 0.2) is 0 Å². The minimum Gasteiger partial charge on any atom is -0.306 e. The van der Waals surface area contributed by atoms with Gasteiger partial charge in [0.1, 0.15) is 0 Å². The SMILES string of the molecule is c1ccc2c(c1)Sc1cc(-c3cnccn3)cc3c1N2c1ccccc1S3. The molecule has 2 aliphatic heterocycles. The number of anilines is 3. The molecule has 0 amide bonds. The van der Waals surface area contributed by atoms with Crippen LogP contribution in [-0.2, 0) is 0 Å². The van der Waals surface area contributed by atoms with Gasteiger partial charge in [-0.3, -0.25) is 9.97 Å². The maximum atomic E-state index is 4.50. The highest BCUT2D eigenvalue weighted by atomic mass is 32.2. The zero-order chi connectivity index (χ0) is 17.8. The lowest BCUT2D eigenvalue weighted by Crippen LogP contribution is -2.18. The fraction of sp³-hybridized carbons (Fsp3) is 0. The summed E-state index contributed by atoms with van der Waals surface area (Å²) >= 11 is 3.66. The summed E-state index contributed by atoms with van der Waals surface area (Å²) in [6.45, 7) is 0. The van der Waals surface area contributed by atoms with Crippen molar-refractivity contribution in [3.05, 3.63) is 79.3 Å². The van der Waals surface area contributed by atoms with E-state index in [1.54, 1.807) is 12.4 Å². The zero-order valence-corrected chi connectivity index (χ0v) is 15.8. The molecule has 0 atom stereocenters. The Morgan fingerprint density at radius 1 is 0.704 bits per heavy atom. The molecule has 3 aromatic carbocycles. The fourth-order valence-corrected chi connectivity index (χ4v) is 5.95. The summed E-state index contributed by atoms with van der Waals surface area (Å²) in [5.74, 6) is 0. The summed E-state index contributed by atoms with van der Waals surface area (Å²) in [7, 11) is 0. The molecule has 5 heteroatoms. The first kappa shape index (κ1) is 15.3. The van der Waals surface area contributed by atoms with Crippen LogP contribution in [0.4, 0.5) is 17.1 Å². The second-order valence-corrected chi connectivity index (χ2v) is 8.55. The molecule has 0 saturated carbocycles. The van der Waals surface area contributed by atoms with Gasteiger partial charge >= 0.3 is 0 Å². The number of para-hydroxylation sites is 2. The Hall–Kier alpha value is -2.76. The predicted octanol–water partition coefficient (Wildman–Crippen LogP) is 6.54. The van der Waals surface area contributed by atoms with Gasteiger partial charge in [0, 0.05) is 37.5 Å². The molecule has 0 N–H and O–H groups in total. The van der Waals surface area contributed by atoms with E-state index in [4.69, 9.17) is 0 Å². The topological polar surface area (TPSA) is 29.0 Å². The highest BCUT2D eigenvalue weighted by Gasteiger charge is 2.32. The van der Waals surface area contributed by atoms with Crippen LogP contribution in [0.1, 0.15) is 0 Å². The van der Waals surface area contributed by atoms with Gasteiger partial charge in [0.2, 0.25) is 0 Å². The fourth-order valence-electron chi connectivity index (χ4n) is 3.62. The monoisotopic (exact) mass is 383 g/mol. The van der Waals surface area contributed by atoms with E-state index in [1.165, 1.54) is 36.6 Å². The third kappa shape index (κ3) is 2.32. The average Bonchev–Trinajstić information content (AvgIpc) is 2.74. The second kappa shape index (κ2) is 5.87. The zero-order valence-electron chi connectivity index (χ0n) is 14.2. The number of hydrogen-bond acceptors (Lipinski definition) is 5. The van der Waals surface area contributed by atoms with E-state index in [2.05, 4.69) is 75.5 Å². The van der Waals surface area contributed by atoms with Crippen LogP contribution in [0.2, 0.25) is 0 Å². The van der Waals surface area contributed by atoms with Gasteiger partial charge in [-0.05, 0) is 36.4 Å². The molecule has 27 heavy (non-hydrogen) atoms. The van der Waals surface area contributed by atoms with E-state index in [0.717, 1.165) is 11.3 Å². The summed E-state index contributed by atoms with van der Waals surface area (Å²) in [4.78, 5) is 16.2. The Kier molecular flexibility index (Phi) is 3.33. The van der Waals surface area contributed by atoms with Crippen molar-refractivity contribution in [3.8, 4) is 11.3 Å². The van der Waals surface area contributed by atoms with Crippen molar-refractivity contribution < 1.29 is 0 Å². The highest BCUT2D eigenvalue weighted by molar-refractivity contribution is 8.00. The van der Waals surface area contributed by atoms with Gasteiger partial charge in [-0.1, -0.05) is 47.8 Å². The van der Waals surface area contributed by atoms with Gasteiger partial charge in [0.25, 0.3) is 0 Å². The molecule has 2 aliphatic rings. The Morgan fingerprint density at radius 3 is 1.93 bits per heavy atom. The largest absolute Gasteiger partial charge is 0.306 e. The molecule has 0 unspecified atom stereocenters. The molecular formula is C22H13N3S2. The average molecular weight is 384 g/mol. The molecule has 128 valence electrons. The lowest BCUT2D eigenvalue weighted by molar-refractivity contribution is 1.08. The molecule has 6 rings (SSSR count). The van der Waals surface area contributed by atoms with E-state index < -0.39 is 0 Å². The van der Waals surface area contributed by atoms with Crippen LogP contribution in [0, 0.1) is 0 Å². The van der Waals surface area contributed by atoms with Gasteiger partial charge in [-0.2, -0.15) is 0 Å². The second-order valence-electron chi connectivity index (χ2n) is 6.39. The van der Waals surface area contributed by atoms with E-state index >= 15 is 0 Å². The maximum Gasteiger partial charge on any atom is 0.0885 e. The van der Waals surface area contributed by atoms with Gasteiger partial charge in [-0.25, -0.2) is 0 Å². The predicted molar refractivity (Wildman–Crippen MR) is 110 cm³/mol. The summed E-state index contributed by atoms with van der Waals surface area (Å²) in [6.07, 6.45) is 5.29. The number of benzene rings is 3. The molecule has 0 spiro atoms. The minimum atomic E-state index is 0.905. The van der Waals surface area contributed by atoms with Gasteiger partial charge in [-0.15, -0.1) is 0 Å². The first-order chi connectivity index (χ1) is 13.4. The Morgan fingerprint density at radius 2 is 1.33 bits per heavy atom. The number of aromatic nitrogens is 2. The maximum absolute atomic E-state index is 4.50. The van der Waals surface area contributed by atoms with Crippen LogP contribution in [0.15, 0.2) is 98.8 Å². The van der Waals surface area contributed by atoms with Crippen molar-refractivity contribution in [2.75, 3.05) is 4.90 Å². The molecule has 0 saturated heterocycles. The van der Waals surface area contributed by atoms with E-state index in [0.29, 0.717) is 0 Å². The van der Waals surface area contributed by atoms with Crippen molar-refractivity contribution in [1.29, 1.82) is 0 Å². The first-order valence-electron chi connectivity index (χ1n) is 8.67. The van der Waals surface area contributed by atoms with Gasteiger partial charge in [0.05, 0.1) is 29.0 Å². The van der Waals surface area contributed by atoms with Crippen LogP contribution in [0.25, 0.3) is 11.3 Å². The summed E-state index contributed by atoms with van der Waals surface area (Å²) < 4.78 is 0. The van der Waals surface area contributed by atoms with Crippen molar-refractivity contribution >= 4 is 40.6 Å². The molecule has 3 heterocycles. The standard InChI is InChI=1S/C22H13N3S2/c1-3-7-18-16(5-1)25-17-6-2-4-8-19(17)27-21-12-14(11-20(26-18)22(21)25)15-13-23-9-10-24-15/h1-13H. The van der Waals surface area contributed by atoms with E-state index in [-0.39, 0.29) is 0 Å². The Balaban J connectivity index is 1.64. The van der Waals surface area contributed by atoms with Crippen molar-refractivity contribution in [3.63, 3.8) is 0 Å². The molecule has 0 radical (unpaired) electrons. The molecule has 0 aliphatic carbocycles. The van der Waals surface area contributed by atoms with Crippen LogP contribution < -0.4 is 4.90 Å². The van der Waals surface area contributed by atoms with E-state index in [1.807, 2.05) is 29.7 Å². The number of nitrogens with zero attached hydrogens (tertiary/aromatic N) is 3. The normalized spacial score (nSPS) is 13.6. The summed E-state index contributed by atoms with van der Waals surface area (Å²) in [5, 5.41) is 0. The third-order valence-corrected chi connectivity index (χ3v) is 6.97. The minimum absolute atomic E-state index is 0.905. The number of rotatable bonds is 1. The molecule has 0 bridgehead atoms. The van der Waals surface area contributed by atoms with Crippen molar-refractivity contribution in [2.24, 2.45) is 0 Å². The quantitative estimate of drug-likeness (QED) is 0.321. The summed E-state index contributed by atoms with van der Waals surface area (Å²) in [6, 6.07) is 21.7. The summed E-state index contributed by atoms with van der Waals surface area (Å²) in [5.41, 5.74) is 5.78. The highest BCUT2D eigenvalue weighted by Crippen LogP contribution is 2.60. The van der Waals surface area contributed by atoms with Crippen LogP contribution >= 0.6 is 23.5 Å². The Bertz CT molecular complexity index is 1120. The van der Waals surface area contributed by atoms with Crippen LogP contribution in [0.3, 0.4) is 0 Å². The molecule has 3 nitrogen and oxygen atoms in total. The third-order valence-electron chi connectivity index (χ3n) is 4.77.